The van der Waals surface area contributed by atoms with Gasteiger partial charge < -0.3 is 0 Å². The smallest absolute Gasteiger partial charge is 0.0410 e. The molecule has 0 spiro atoms. The third kappa shape index (κ3) is 4.23. The average molecular weight is 335 g/mol. The molecule has 0 saturated heterocycles. The van der Waals surface area contributed by atoms with E-state index < -0.39 is 0 Å². The lowest BCUT2D eigenvalue weighted by Crippen LogP contribution is -2.21. The topological polar surface area (TPSA) is 12.9 Å². The molecule has 0 aliphatic rings. The molecule has 0 aliphatic carbocycles. The van der Waals surface area contributed by atoms with Crippen molar-refractivity contribution in [2.24, 2.45) is 5.41 Å². The first-order valence-electron chi connectivity index (χ1n) is 5.25. The molecule has 0 amide bonds. The highest BCUT2D eigenvalue weighted by Crippen LogP contribution is 2.30. The minimum atomic E-state index is 0.344. The molecule has 0 saturated carbocycles. The first kappa shape index (κ1) is 13.2. The van der Waals surface area contributed by atoms with E-state index in [1.165, 1.54) is 18.4 Å². The molecule has 1 heterocycles. The van der Waals surface area contributed by atoms with Crippen LogP contribution in [-0.2, 0) is 6.42 Å². The standard InChI is InChI=1S/C12H17Br2N/c1-3-4-12(2,9-13)6-10-5-11(14)8-15-7-10/h5,7-8H,3-4,6,9H2,1-2H3. The van der Waals surface area contributed by atoms with E-state index in [4.69, 9.17) is 0 Å². The van der Waals surface area contributed by atoms with Crippen molar-refractivity contribution in [1.29, 1.82) is 0 Å². The fourth-order valence-electron chi connectivity index (χ4n) is 1.85. The summed E-state index contributed by atoms with van der Waals surface area (Å²) in [4.78, 5) is 4.20. The van der Waals surface area contributed by atoms with E-state index in [9.17, 15) is 0 Å². The van der Waals surface area contributed by atoms with E-state index in [2.05, 4.69) is 56.8 Å². The van der Waals surface area contributed by atoms with E-state index in [-0.39, 0.29) is 0 Å². The van der Waals surface area contributed by atoms with Crippen molar-refractivity contribution < 1.29 is 0 Å². The van der Waals surface area contributed by atoms with E-state index in [1.807, 2.05) is 12.4 Å². The molecular formula is C12H17Br2N. The number of alkyl halides is 1. The molecule has 1 rings (SSSR count). The van der Waals surface area contributed by atoms with Crippen LogP contribution in [-0.4, -0.2) is 10.3 Å². The Balaban J connectivity index is 2.74. The maximum atomic E-state index is 4.20. The Morgan fingerprint density at radius 3 is 2.67 bits per heavy atom. The number of halogens is 2. The summed E-state index contributed by atoms with van der Waals surface area (Å²) in [5, 5.41) is 1.04. The zero-order chi connectivity index (χ0) is 11.3. The van der Waals surface area contributed by atoms with Crippen molar-refractivity contribution in [3.05, 3.63) is 28.5 Å². The Hall–Kier alpha value is 0.110. The minimum absolute atomic E-state index is 0.344. The van der Waals surface area contributed by atoms with E-state index >= 15 is 0 Å². The normalized spacial score (nSPS) is 14.9. The largest absolute Gasteiger partial charge is 0.263 e. The average Bonchev–Trinajstić information content (AvgIpc) is 2.18. The molecule has 3 heteroatoms. The molecule has 0 fully saturated rings. The first-order chi connectivity index (χ1) is 7.09. The van der Waals surface area contributed by atoms with Crippen LogP contribution in [0.15, 0.2) is 22.9 Å². The molecule has 0 aliphatic heterocycles. The van der Waals surface area contributed by atoms with Crippen LogP contribution in [0.4, 0.5) is 0 Å². The van der Waals surface area contributed by atoms with Gasteiger partial charge in [0.25, 0.3) is 0 Å². The van der Waals surface area contributed by atoms with Crippen molar-refractivity contribution in [3.63, 3.8) is 0 Å². The Morgan fingerprint density at radius 2 is 2.13 bits per heavy atom. The third-order valence-electron chi connectivity index (χ3n) is 2.57. The highest BCUT2D eigenvalue weighted by Gasteiger charge is 2.22. The summed E-state index contributed by atoms with van der Waals surface area (Å²) in [5.74, 6) is 0. The maximum absolute atomic E-state index is 4.20. The van der Waals surface area contributed by atoms with Gasteiger partial charge in [-0.2, -0.15) is 0 Å². The van der Waals surface area contributed by atoms with Crippen LogP contribution in [0.2, 0.25) is 0 Å². The van der Waals surface area contributed by atoms with Crippen LogP contribution in [0, 0.1) is 5.41 Å². The fraction of sp³-hybridized carbons (Fsp3) is 0.583. The van der Waals surface area contributed by atoms with Crippen LogP contribution in [0.1, 0.15) is 32.3 Å². The number of nitrogens with zero attached hydrogens (tertiary/aromatic N) is 1. The number of aromatic nitrogens is 1. The summed E-state index contributed by atoms with van der Waals surface area (Å²) in [5.41, 5.74) is 1.65. The molecule has 1 aromatic heterocycles. The number of pyridine rings is 1. The highest BCUT2D eigenvalue weighted by atomic mass is 79.9. The number of hydrogen-bond acceptors (Lipinski definition) is 1. The summed E-state index contributed by atoms with van der Waals surface area (Å²) in [7, 11) is 0. The van der Waals surface area contributed by atoms with Crippen LogP contribution in [0.5, 0.6) is 0 Å². The van der Waals surface area contributed by atoms with Crippen LogP contribution < -0.4 is 0 Å². The Labute approximate surface area is 109 Å². The first-order valence-corrected chi connectivity index (χ1v) is 7.16. The Bertz CT molecular complexity index is 314. The van der Waals surface area contributed by atoms with Gasteiger partial charge in [0, 0.05) is 22.2 Å². The van der Waals surface area contributed by atoms with Gasteiger partial charge >= 0.3 is 0 Å². The van der Waals surface area contributed by atoms with E-state index in [0.717, 1.165) is 16.2 Å². The lowest BCUT2D eigenvalue weighted by molar-refractivity contribution is 0.340. The Kier molecular flexibility index (Phi) is 5.27. The zero-order valence-electron chi connectivity index (χ0n) is 9.26. The monoisotopic (exact) mass is 333 g/mol. The fourth-order valence-corrected chi connectivity index (χ4v) is 2.74. The van der Waals surface area contributed by atoms with Crippen molar-refractivity contribution >= 4 is 31.9 Å². The second-order valence-electron chi connectivity index (χ2n) is 4.38. The maximum Gasteiger partial charge on any atom is 0.0410 e. The summed E-state index contributed by atoms with van der Waals surface area (Å²) in [6.07, 6.45) is 7.34. The van der Waals surface area contributed by atoms with Gasteiger partial charge in [-0.15, -0.1) is 0 Å². The Morgan fingerprint density at radius 1 is 1.40 bits per heavy atom. The summed E-state index contributed by atoms with van der Waals surface area (Å²) in [6, 6.07) is 2.16. The third-order valence-corrected chi connectivity index (χ3v) is 4.36. The predicted molar refractivity (Wildman–Crippen MR) is 72.5 cm³/mol. The van der Waals surface area contributed by atoms with Gasteiger partial charge in [0.2, 0.25) is 0 Å². The molecular weight excluding hydrogens is 318 g/mol. The molecule has 0 aromatic carbocycles. The lowest BCUT2D eigenvalue weighted by atomic mass is 9.82. The molecule has 1 unspecified atom stereocenters. The number of rotatable bonds is 5. The number of hydrogen-bond donors (Lipinski definition) is 0. The molecule has 1 aromatic rings. The quantitative estimate of drug-likeness (QED) is 0.718. The minimum Gasteiger partial charge on any atom is -0.263 e. The lowest BCUT2D eigenvalue weighted by Gasteiger charge is -2.26. The molecule has 1 nitrogen and oxygen atoms in total. The summed E-state index contributed by atoms with van der Waals surface area (Å²) in [6.45, 7) is 4.56. The van der Waals surface area contributed by atoms with E-state index in [0.29, 0.717) is 5.41 Å². The van der Waals surface area contributed by atoms with Gasteiger partial charge in [-0.1, -0.05) is 36.2 Å². The van der Waals surface area contributed by atoms with Crippen LogP contribution >= 0.6 is 31.9 Å². The van der Waals surface area contributed by atoms with Gasteiger partial charge in [0.1, 0.15) is 0 Å². The van der Waals surface area contributed by atoms with Crippen LogP contribution in [0.3, 0.4) is 0 Å². The van der Waals surface area contributed by atoms with Crippen molar-refractivity contribution in [2.45, 2.75) is 33.1 Å². The molecule has 1 atom stereocenters. The van der Waals surface area contributed by atoms with Crippen LogP contribution in [0.25, 0.3) is 0 Å². The van der Waals surface area contributed by atoms with Gasteiger partial charge in [0.05, 0.1) is 0 Å². The molecule has 0 radical (unpaired) electrons. The van der Waals surface area contributed by atoms with Gasteiger partial charge in [0.15, 0.2) is 0 Å². The van der Waals surface area contributed by atoms with Gasteiger partial charge in [-0.3, -0.25) is 4.98 Å². The SMILES string of the molecule is CCCC(C)(CBr)Cc1cncc(Br)c1. The summed E-state index contributed by atoms with van der Waals surface area (Å²) >= 11 is 7.07. The molecule has 0 N–H and O–H groups in total. The predicted octanol–water partition coefficient (Wildman–Crippen LogP) is 4.59. The van der Waals surface area contributed by atoms with Crippen molar-refractivity contribution in [1.82, 2.24) is 4.98 Å². The molecule has 84 valence electrons. The zero-order valence-corrected chi connectivity index (χ0v) is 12.4. The highest BCUT2D eigenvalue weighted by molar-refractivity contribution is 9.10. The van der Waals surface area contributed by atoms with Crippen molar-refractivity contribution in [2.75, 3.05) is 5.33 Å². The second-order valence-corrected chi connectivity index (χ2v) is 5.86. The molecule has 0 bridgehead atoms. The second kappa shape index (κ2) is 6.00. The van der Waals surface area contributed by atoms with Gasteiger partial charge in [-0.25, -0.2) is 0 Å². The van der Waals surface area contributed by atoms with E-state index in [1.54, 1.807) is 0 Å². The van der Waals surface area contributed by atoms with Crippen molar-refractivity contribution in [3.8, 4) is 0 Å². The molecule has 15 heavy (non-hydrogen) atoms. The summed E-state index contributed by atoms with van der Waals surface area (Å²) < 4.78 is 1.06. The van der Waals surface area contributed by atoms with Gasteiger partial charge in [-0.05, 0) is 45.8 Å².